The maximum Gasteiger partial charge on any atom is 0.270 e. The van der Waals surface area contributed by atoms with Crippen LogP contribution in [0.2, 0.25) is 0 Å². The average Bonchev–Trinajstić information content (AvgIpc) is 2.78. The van der Waals surface area contributed by atoms with Crippen molar-refractivity contribution in [3.05, 3.63) is 76.5 Å². The van der Waals surface area contributed by atoms with Crippen LogP contribution in [0.15, 0.2) is 74.5 Å². The lowest BCUT2D eigenvalue weighted by Gasteiger charge is -2.07. The fourth-order valence-electron chi connectivity index (χ4n) is 2.63. The molecule has 11 heteroatoms. The minimum Gasteiger partial charge on any atom is -0.494 e. The number of H-pyrrole nitrogens is 1. The van der Waals surface area contributed by atoms with Crippen LogP contribution in [-0.2, 0) is 21.2 Å². The number of aromatic amines is 1. The van der Waals surface area contributed by atoms with Crippen molar-refractivity contribution < 1.29 is 22.3 Å². The number of rotatable bonds is 9. The molecule has 0 aliphatic heterocycles. The molecule has 0 fully saturated rings. The van der Waals surface area contributed by atoms with Crippen LogP contribution >= 0.6 is 11.8 Å². The summed E-state index contributed by atoms with van der Waals surface area (Å²) in [6.07, 6.45) is 0.976. The Balaban J connectivity index is 1.62. The first-order chi connectivity index (χ1) is 15.3. The summed E-state index contributed by atoms with van der Waals surface area (Å²) in [4.78, 5) is 30.2. The molecule has 3 aromatic rings. The van der Waals surface area contributed by atoms with E-state index in [0.29, 0.717) is 12.4 Å². The van der Waals surface area contributed by atoms with Crippen LogP contribution in [0.1, 0.15) is 12.5 Å². The third-order valence-electron chi connectivity index (χ3n) is 4.22. The highest BCUT2D eigenvalue weighted by Crippen LogP contribution is 2.21. The van der Waals surface area contributed by atoms with Gasteiger partial charge < -0.3 is 15.0 Å². The third-order valence-corrected chi connectivity index (χ3v) is 6.87. The van der Waals surface area contributed by atoms with E-state index >= 15 is 0 Å². The number of hydrogen-bond donors (Lipinski definition) is 2. The van der Waals surface area contributed by atoms with Gasteiger partial charge in [0.25, 0.3) is 5.56 Å². The van der Waals surface area contributed by atoms with E-state index in [2.05, 4.69) is 15.3 Å². The Bertz CT molecular complexity index is 1240. The molecule has 8 nitrogen and oxygen atoms in total. The Morgan fingerprint density at radius 2 is 1.84 bits per heavy atom. The van der Waals surface area contributed by atoms with Gasteiger partial charge >= 0.3 is 0 Å². The predicted molar refractivity (Wildman–Crippen MR) is 117 cm³/mol. The zero-order valence-corrected chi connectivity index (χ0v) is 18.6. The van der Waals surface area contributed by atoms with Crippen LogP contribution < -0.4 is 15.6 Å². The summed E-state index contributed by atoms with van der Waals surface area (Å²) in [6.45, 7) is 2.48. The highest BCUT2D eigenvalue weighted by Gasteiger charge is 2.22. The van der Waals surface area contributed by atoms with Crippen molar-refractivity contribution >= 4 is 27.5 Å². The fourth-order valence-corrected chi connectivity index (χ4v) is 4.53. The van der Waals surface area contributed by atoms with Crippen LogP contribution in [0, 0.1) is 5.82 Å². The molecule has 2 N–H and O–H groups in total. The van der Waals surface area contributed by atoms with Crippen molar-refractivity contribution in [2.75, 3.05) is 12.4 Å². The second-order valence-corrected chi connectivity index (χ2v) is 9.36. The van der Waals surface area contributed by atoms with Crippen LogP contribution in [-0.4, -0.2) is 36.7 Å². The molecule has 0 aliphatic carbocycles. The summed E-state index contributed by atoms with van der Waals surface area (Å²) < 4.78 is 43.7. The number of sulfone groups is 1. The van der Waals surface area contributed by atoms with Gasteiger partial charge in [-0.15, -0.1) is 0 Å². The molecule has 1 amide bonds. The molecule has 32 heavy (non-hydrogen) atoms. The first-order valence-corrected chi connectivity index (χ1v) is 12.0. The topological polar surface area (TPSA) is 118 Å². The van der Waals surface area contributed by atoms with E-state index < -0.39 is 20.3 Å². The maximum atomic E-state index is 12.9. The van der Waals surface area contributed by atoms with Crippen molar-refractivity contribution in [3.8, 4) is 5.75 Å². The molecule has 0 saturated carbocycles. The van der Waals surface area contributed by atoms with Gasteiger partial charge in [-0.05, 0) is 48.9 Å². The van der Waals surface area contributed by atoms with Gasteiger partial charge in [0.05, 0.1) is 23.5 Å². The Morgan fingerprint density at radius 1 is 1.16 bits per heavy atom. The summed E-state index contributed by atoms with van der Waals surface area (Å²) in [7, 11) is -4.07. The zero-order chi connectivity index (χ0) is 23.1. The summed E-state index contributed by atoms with van der Waals surface area (Å²) in [5.74, 6) is -0.218. The van der Waals surface area contributed by atoms with E-state index in [1.807, 2.05) is 6.92 Å². The second kappa shape index (κ2) is 10.4. The van der Waals surface area contributed by atoms with Crippen LogP contribution in [0.3, 0.4) is 0 Å². The first-order valence-electron chi connectivity index (χ1n) is 9.51. The molecule has 0 aliphatic rings. The highest BCUT2D eigenvalue weighted by atomic mass is 32.2. The quantitative estimate of drug-likeness (QED) is 0.359. The van der Waals surface area contributed by atoms with Gasteiger partial charge in [0.2, 0.25) is 15.7 Å². The van der Waals surface area contributed by atoms with Crippen molar-refractivity contribution in [3.63, 3.8) is 0 Å². The van der Waals surface area contributed by atoms with Gasteiger partial charge in [0, 0.05) is 6.54 Å². The lowest BCUT2D eigenvalue weighted by Crippen LogP contribution is -2.25. The van der Waals surface area contributed by atoms with E-state index in [9.17, 15) is 22.4 Å². The van der Waals surface area contributed by atoms with Gasteiger partial charge in [-0.2, -0.15) is 0 Å². The van der Waals surface area contributed by atoms with E-state index in [0.717, 1.165) is 23.5 Å². The number of ether oxygens (including phenoxy) is 1. The second-order valence-electron chi connectivity index (χ2n) is 6.48. The number of thioether (sulfide) groups is 1. The van der Waals surface area contributed by atoms with E-state index in [-0.39, 0.29) is 34.1 Å². The van der Waals surface area contributed by atoms with Gasteiger partial charge in [-0.1, -0.05) is 23.9 Å². The van der Waals surface area contributed by atoms with Crippen molar-refractivity contribution in [2.45, 2.75) is 28.4 Å². The van der Waals surface area contributed by atoms with Gasteiger partial charge in [0.15, 0.2) is 10.1 Å². The smallest absolute Gasteiger partial charge is 0.270 e. The Morgan fingerprint density at radius 3 is 2.47 bits per heavy atom. The van der Waals surface area contributed by atoms with Gasteiger partial charge in [0.1, 0.15) is 11.6 Å². The summed E-state index contributed by atoms with van der Waals surface area (Å²) in [5.41, 5.74) is -0.0942. The molecule has 0 saturated heterocycles. The number of nitrogens with one attached hydrogen (secondary N) is 2. The number of nitrogens with zero attached hydrogens (tertiary/aromatic N) is 1. The SMILES string of the molecule is CCOc1ccc(S(=O)(=O)c2cnc(SCC(=O)NCc3ccc(F)cc3)[nH]c2=O)cc1. The Hall–Kier alpha value is -3.18. The predicted octanol–water partition coefficient (Wildman–Crippen LogP) is 2.55. The number of carbonyl (C=O) groups is 1. The largest absolute Gasteiger partial charge is 0.494 e. The first kappa shape index (κ1) is 23.5. The van der Waals surface area contributed by atoms with E-state index in [4.69, 9.17) is 4.74 Å². The lowest BCUT2D eigenvalue weighted by molar-refractivity contribution is -0.118. The minimum absolute atomic E-state index is 0.0465. The molecule has 1 heterocycles. The normalized spacial score (nSPS) is 11.2. The molecule has 0 atom stereocenters. The summed E-state index contributed by atoms with van der Waals surface area (Å²) in [5, 5.41) is 2.77. The van der Waals surface area contributed by atoms with Gasteiger partial charge in [-0.3, -0.25) is 9.59 Å². The van der Waals surface area contributed by atoms with Gasteiger partial charge in [-0.25, -0.2) is 17.8 Å². The molecule has 3 rings (SSSR count). The molecule has 0 unspecified atom stereocenters. The third kappa shape index (κ3) is 5.95. The number of halogens is 1. The van der Waals surface area contributed by atoms with Crippen LogP contribution in [0.4, 0.5) is 4.39 Å². The Kier molecular flexibility index (Phi) is 7.65. The standard InChI is InChI=1S/C21H20FN3O5S2/c1-2-30-16-7-9-17(10-8-16)32(28,29)18-12-24-21(25-20(18)27)31-13-19(26)23-11-14-3-5-15(22)6-4-14/h3-10,12H,2,11,13H2,1H3,(H,23,26)(H,24,25,27). The molecule has 1 aromatic heterocycles. The fraction of sp³-hybridized carbons (Fsp3) is 0.190. The minimum atomic E-state index is -4.07. The maximum absolute atomic E-state index is 12.9. The molecular formula is C21H20FN3O5S2. The zero-order valence-electron chi connectivity index (χ0n) is 17.0. The molecular weight excluding hydrogens is 457 g/mol. The highest BCUT2D eigenvalue weighted by molar-refractivity contribution is 7.99. The average molecular weight is 478 g/mol. The number of benzene rings is 2. The van der Waals surface area contributed by atoms with Crippen LogP contribution in [0.25, 0.3) is 0 Å². The number of carbonyl (C=O) groups excluding carboxylic acids is 1. The van der Waals surface area contributed by atoms with Crippen molar-refractivity contribution in [1.29, 1.82) is 0 Å². The Labute approximate surface area is 188 Å². The molecule has 168 valence electrons. The summed E-state index contributed by atoms with van der Waals surface area (Å²) >= 11 is 0.953. The van der Waals surface area contributed by atoms with Crippen LogP contribution in [0.5, 0.6) is 5.75 Å². The molecule has 0 bridgehead atoms. The number of amides is 1. The van der Waals surface area contributed by atoms with E-state index in [1.165, 1.54) is 36.4 Å². The molecule has 2 aromatic carbocycles. The van der Waals surface area contributed by atoms with Crippen molar-refractivity contribution in [1.82, 2.24) is 15.3 Å². The monoisotopic (exact) mass is 477 g/mol. The molecule has 0 spiro atoms. The number of aromatic nitrogens is 2. The van der Waals surface area contributed by atoms with E-state index in [1.54, 1.807) is 12.1 Å². The lowest BCUT2D eigenvalue weighted by atomic mass is 10.2. The van der Waals surface area contributed by atoms with Crippen molar-refractivity contribution in [2.24, 2.45) is 0 Å². The molecule has 0 radical (unpaired) electrons. The number of hydrogen-bond acceptors (Lipinski definition) is 7. The summed E-state index contributed by atoms with van der Waals surface area (Å²) in [6, 6.07) is 11.4.